The minimum absolute atomic E-state index is 0.0551. The number of amides is 1. The van der Waals surface area contributed by atoms with E-state index >= 15 is 0 Å². The molecule has 8 nitrogen and oxygen atoms in total. The molecule has 2 aromatic rings. The fourth-order valence-electron chi connectivity index (χ4n) is 1.79. The fourth-order valence-corrected chi connectivity index (χ4v) is 1.79. The standard InChI is InChI=1S/C15H19N5O3/c1-11(2)23-13-5-4-12(6-14(13)22-3)7-17-19-15(21)8-20-10-16-9-18-20/h4-7,9-11H,8H2,1-3H3,(H,19,21)/b17-7-. The molecule has 8 heteroatoms. The molecular weight excluding hydrogens is 298 g/mol. The van der Waals surface area contributed by atoms with Gasteiger partial charge in [-0.15, -0.1) is 0 Å². The quantitative estimate of drug-likeness (QED) is 0.612. The van der Waals surface area contributed by atoms with Crippen molar-refractivity contribution in [2.75, 3.05) is 7.11 Å². The number of hydrazone groups is 1. The highest BCUT2D eigenvalue weighted by Gasteiger charge is 2.07. The van der Waals surface area contributed by atoms with Crippen LogP contribution in [0.1, 0.15) is 19.4 Å². The van der Waals surface area contributed by atoms with Crippen molar-refractivity contribution in [3.63, 3.8) is 0 Å². The Labute approximate surface area is 134 Å². The average Bonchev–Trinajstić information content (AvgIpc) is 3.01. The lowest BCUT2D eigenvalue weighted by atomic mass is 10.2. The zero-order valence-corrected chi connectivity index (χ0v) is 13.3. The molecule has 0 aliphatic rings. The summed E-state index contributed by atoms with van der Waals surface area (Å²) in [5.41, 5.74) is 3.20. The Balaban J connectivity index is 1.95. The summed E-state index contributed by atoms with van der Waals surface area (Å²) in [6.45, 7) is 3.95. The largest absolute Gasteiger partial charge is 0.493 e. The lowest BCUT2D eigenvalue weighted by Crippen LogP contribution is -2.23. The van der Waals surface area contributed by atoms with Crippen molar-refractivity contribution in [1.82, 2.24) is 20.2 Å². The highest BCUT2D eigenvalue weighted by Crippen LogP contribution is 2.28. The molecule has 0 saturated heterocycles. The predicted molar refractivity (Wildman–Crippen MR) is 84.5 cm³/mol. The Bertz CT molecular complexity index is 668. The number of ether oxygens (including phenoxy) is 2. The zero-order chi connectivity index (χ0) is 16.7. The summed E-state index contributed by atoms with van der Waals surface area (Å²) in [6.07, 6.45) is 4.41. The van der Waals surface area contributed by atoms with E-state index in [1.165, 1.54) is 23.6 Å². The Kier molecular flexibility index (Phi) is 5.67. The third-order valence-corrected chi connectivity index (χ3v) is 2.73. The van der Waals surface area contributed by atoms with Gasteiger partial charge in [0.25, 0.3) is 5.91 Å². The highest BCUT2D eigenvalue weighted by molar-refractivity contribution is 5.83. The van der Waals surface area contributed by atoms with Gasteiger partial charge in [-0.3, -0.25) is 4.79 Å². The van der Waals surface area contributed by atoms with E-state index in [2.05, 4.69) is 20.6 Å². The second-order valence-corrected chi connectivity index (χ2v) is 4.96. The molecule has 1 heterocycles. The van der Waals surface area contributed by atoms with Gasteiger partial charge in [-0.2, -0.15) is 10.2 Å². The van der Waals surface area contributed by atoms with Crippen LogP contribution >= 0.6 is 0 Å². The molecule has 0 saturated carbocycles. The molecule has 1 amide bonds. The van der Waals surface area contributed by atoms with Crippen molar-refractivity contribution in [1.29, 1.82) is 0 Å². The van der Waals surface area contributed by atoms with E-state index in [0.717, 1.165) is 5.56 Å². The van der Waals surface area contributed by atoms with Crippen molar-refractivity contribution < 1.29 is 14.3 Å². The number of carbonyl (C=O) groups excluding carboxylic acids is 1. The minimum atomic E-state index is -0.293. The SMILES string of the molecule is COc1cc(/C=N\NC(=O)Cn2cncn2)ccc1OC(C)C. The lowest BCUT2D eigenvalue weighted by molar-refractivity contribution is -0.121. The molecule has 0 atom stereocenters. The van der Waals surface area contributed by atoms with E-state index < -0.39 is 0 Å². The summed E-state index contributed by atoms with van der Waals surface area (Å²) < 4.78 is 12.3. The van der Waals surface area contributed by atoms with Crippen LogP contribution in [0.5, 0.6) is 11.5 Å². The summed E-state index contributed by atoms with van der Waals surface area (Å²) in [4.78, 5) is 15.4. The highest BCUT2D eigenvalue weighted by atomic mass is 16.5. The number of rotatable bonds is 7. The first-order valence-corrected chi connectivity index (χ1v) is 7.07. The third kappa shape index (κ3) is 5.10. The minimum Gasteiger partial charge on any atom is -0.493 e. The number of methoxy groups -OCH3 is 1. The molecule has 0 unspecified atom stereocenters. The van der Waals surface area contributed by atoms with Crippen LogP contribution in [-0.4, -0.2) is 40.1 Å². The zero-order valence-electron chi connectivity index (χ0n) is 13.3. The smallest absolute Gasteiger partial charge is 0.261 e. The van der Waals surface area contributed by atoms with Crippen LogP contribution < -0.4 is 14.9 Å². The van der Waals surface area contributed by atoms with E-state index in [0.29, 0.717) is 11.5 Å². The van der Waals surface area contributed by atoms with Gasteiger partial charge < -0.3 is 9.47 Å². The van der Waals surface area contributed by atoms with Gasteiger partial charge in [-0.1, -0.05) is 0 Å². The lowest BCUT2D eigenvalue weighted by Gasteiger charge is -2.13. The van der Waals surface area contributed by atoms with Crippen LogP contribution in [0.4, 0.5) is 0 Å². The summed E-state index contributed by atoms with van der Waals surface area (Å²) in [5, 5.41) is 7.75. The molecular formula is C15H19N5O3. The first kappa shape index (κ1) is 16.5. The molecule has 0 spiro atoms. The van der Waals surface area contributed by atoms with Gasteiger partial charge in [0.15, 0.2) is 11.5 Å². The van der Waals surface area contributed by atoms with E-state index in [4.69, 9.17) is 9.47 Å². The predicted octanol–water partition coefficient (Wildman–Crippen LogP) is 1.22. The number of nitrogens with zero attached hydrogens (tertiary/aromatic N) is 4. The molecule has 23 heavy (non-hydrogen) atoms. The van der Waals surface area contributed by atoms with Crippen molar-refractivity contribution in [3.8, 4) is 11.5 Å². The van der Waals surface area contributed by atoms with Gasteiger partial charge >= 0.3 is 0 Å². The maximum atomic E-state index is 11.6. The second-order valence-electron chi connectivity index (χ2n) is 4.96. The molecule has 1 N–H and O–H groups in total. The maximum absolute atomic E-state index is 11.6. The van der Waals surface area contributed by atoms with E-state index in [1.807, 2.05) is 19.9 Å². The van der Waals surface area contributed by atoms with Gasteiger partial charge in [-0.05, 0) is 37.6 Å². The Hall–Kier alpha value is -2.90. The van der Waals surface area contributed by atoms with Gasteiger partial charge in [0.2, 0.25) is 0 Å². The normalized spacial score (nSPS) is 11.0. The van der Waals surface area contributed by atoms with Gasteiger partial charge in [0.1, 0.15) is 19.2 Å². The van der Waals surface area contributed by atoms with Crippen molar-refractivity contribution in [3.05, 3.63) is 36.4 Å². The van der Waals surface area contributed by atoms with E-state index in [1.54, 1.807) is 19.2 Å². The molecule has 2 rings (SSSR count). The number of carbonyl (C=O) groups is 1. The Morgan fingerprint density at radius 3 is 2.91 bits per heavy atom. The Morgan fingerprint density at radius 2 is 2.26 bits per heavy atom. The van der Waals surface area contributed by atoms with Crippen LogP contribution in [0.3, 0.4) is 0 Å². The maximum Gasteiger partial charge on any atom is 0.261 e. The van der Waals surface area contributed by atoms with E-state index in [-0.39, 0.29) is 18.6 Å². The molecule has 0 bridgehead atoms. The number of hydrogen-bond donors (Lipinski definition) is 1. The van der Waals surface area contributed by atoms with Crippen LogP contribution in [0.15, 0.2) is 36.0 Å². The van der Waals surface area contributed by atoms with Crippen molar-refractivity contribution in [2.45, 2.75) is 26.5 Å². The first-order chi connectivity index (χ1) is 11.1. The molecule has 0 radical (unpaired) electrons. The van der Waals surface area contributed by atoms with Gasteiger partial charge in [0.05, 0.1) is 19.4 Å². The number of hydrogen-bond acceptors (Lipinski definition) is 6. The summed E-state index contributed by atoms with van der Waals surface area (Å²) >= 11 is 0. The summed E-state index contributed by atoms with van der Waals surface area (Å²) in [7, 11) is 1.57. The molecule has 122 valence electrons. The van der Waals surface area contributed by atoms with Crippen LogP contribution in [-0.2, 0) is 11.3 Å². The number of benzene rings is 1. The molecule has 1 aromatic carbocycles. The van der Waals surface area contributed by atoms with Gasteiger partial charge in [-0.25, -0.2) is 15.1 Å². The molecule has 0 fully saturated rings. The second kappa shape index (κ2) is 7.92. The summed E-state index contributed by atoms with van der Waals surface area (Å²) in [5.74, 6) is 0.977. The van der Waals surface area contributed by atoms with Crippen LogP contribution in [0.25, 0.3) is 0 Å². The Morgan fingerprint density at radius 1 is 1.43 bits per heavy atom. The molecule has 1 aromatic heterocycles. The van der Waals surface area contributed by atoms with Crippen LogP contribution in [0.2, 0.25) is 0 Å². The molecule has 0 aliphatic carbocycles. The average molecular weight is 317 g/mol. The van der Waals surface area contributed by atoms with Crippen LogP contribution in [0, 0.1) is 0 Å². The van der Waals surface area contributed by atoms with Gasteiger partial charge in [0, 0.05) is 0 Å². The van der Waals surface area contributed by atoms with E-state index in [9.17, 15) is 4.79 Å². The number of aromatic nitrogens is 3. The van der Waals surface area contributed by atoms with Crippen molar-refractivity contribution in [2.24, 2.45) is 5.10 Å². The summed E-state index contributed by atoms with van der Waals surface area (Å²) in [6, 6.07) is 5.41. The third-order valence-electron chi connectivity index (χ3n) is 2.73. The first-order valence-electron chi connectivity index (χ1n) is 7.07. The fraction of sp³-hybridized carbons (Fsp3) is 0.333. The topological polar surface area (TPSA) is 90.6 Å². The van der Waals surface area contributed by atoms with Crippen molar-refractivity contribution >= 4 is 12.1 Å². The molecule has 0 aliphatic heterocycles. The number of nitrogens with one attached hydrogen (secondary N) is 1. The monoisotopic (exact) mass is 317 g/mol.